The average Bonchev–Trinajstić information content (AvgIpc) is 2.41. The SMILES string of the molecule is CNC(=O)c1nc(-c2ccc(Cl)cc2)nc(N)c1Cl. The van der Waals surface area contributed by atoms with E-state index in [4.69, 9.17) is 28.9 Å². The lowest BCUT2D eigenvalue weighted by Gasteiger charge is -2.07. The van der Waals surface area contributed by atoms with E-state index in [0.29, 0.717) is 16.4 Å². The van der Waals surface area contributed by atoms with E-state index >= 15 is 0 Å². The van der Waals surface area contributed by atoms with Crippen molar-refractivity contribution in [2.45, 2.75) is 0 Å². The summed E-state index contributed by atoms with van der Waals surface area (Å²) in [5, 5.41) is 3.08. The molecule has 0 unspecified atom stereocenters. The van der Waals surface area contributed by atoms with Crippen molar-refractivity contribution in [3.63, 3.8) is 0 Å². The van der Waals surface area contributed by atoms with E-state index in [0.717, 1.165) is 0 Å². The first-order chi connectivity index (χ1) is 9.02. The van der Waals surface area contributed by atoms with Crippen LogP contribution in [0.15, 0.2) is 24.3 Å². The second-order valence-electron chi connectivity index (χ2n) is 3.68. The summed E-state index contributed by atoms with van der Waals surface area (Å²) in [6, 6.07) is 6.87. The zero-order valence-corrected chi connectivity index (χ0v) is 11.5. The number of carbonyl (C=O) groups excluding carboxylic acids is 1. The molecule has 1 aromatic carbocycles. The summed E-state index contributed by atoms with van der Waals surface area (Å²) in [4.78, 5) is 19.8. The van der Waals surface area contributed by atoms with Crippen molar-refractivity contribution in [2.75, 3.05) is 12.8 Å². The van der Waals surface area contributed by atoms with Crippen molar-refractivity contribution < 1.29 is 4.79 Å². The van der Waals surface area contributed by atoms with Gasteiger partial charge in [-0.1, -0.05) is 23.2 Å². The van der Waals surface area contributed by atoms with Gasteiger partial charge in [0.05, 0.1) is 0 Å². The molecule has 0 saturated heterocycles. The smallest absolute Gasteiger partial charge is 0.271 e. The van der Waals surface area contributed by atoms with E-state index in [9.17, 15) is 4.79 Å². The lowest BCUT2D eigenvalue weighted by Crippen LogP contribution is -2.21. The van der Waals surface area contributed by atoms with E-state index in [1.54, 1.807) is 24.3 Å². The molecule has 0 bridgehead atoms. The van der Waals surface area contributed by atoms with Crippen LogP contribution >= 0.6 is 23.2 Å². The number of halogens is 2. The number of hydrogen-bond donors (Lipinski definition) is 2. The topological polar surface area (TPSA) is 80.9 Å². The fourth-order valence-electron chi connectivity index (χ4n) is 1.46. The fourth-order valence-corrected chi connectivity index (χ4v) is 1.76. The summed E-state index contributed by atoms with van der Waals surface area (Å²) >= 11 is 11.7. The van der Waals surface area contributed by atoms with E-state index in [-0.39, 0.29) is 16.5 Å². The van der Waals surface area contributed by atoms with Crippen molar-refractivity contribution in [1.82, 2.24) is 15.3 Å². The molecule has 2 rings (SSSR count). The number of hydrogen-bond acceptors (Lipinski definition) is 4. The van der Waals surface area contributed by atoms with Crippen LogP contribution in [-0.2, 0) is 0 Å². The van der Waals surface area contributed by atoms with Gasteiger partial charge in [-0.2, -0.15) is 0 Å². The molecule has 0 aliphatic heterocycles. The molecule has 5 nitrogen and oxygen atoms in total. The number of amides is 1. The van der Waals surface area contributed by atoms with E-state index < -0.39 is 5.91 Å². The molecule has 0 aliphatic carbocycles. The lowest BCUT2D eigenvalue weighted by molar-refractivity contribution is 0.0958. The number of carbonyl (C=O) groups is 1. The molecule has 7 heteroatoms. The molecule has 0 aliphatic rings. The van der Waals surface area contributed by atoms with Gasteiger partial charge in [0, 0.05) is 17.6 Å². The van der Waals surface area contributed by atoms with Crippen molar-refractivity contribution >= 4 is 34.9 Å². The van der Waals surface area contributed by atoms with Crippen molar-refractivity contribution in [3.8, 4) is 11.4 Å². The Morgan fingerprint density at radius 1 is 1.21 bits per heavy atom. The maximum absolute atomic E-state index is 11.7. The van der Waals surface area contributed by atoms with Gasteiger partial charge in [-0.15, -0.1) is 0 Å². The molecule has 0 radical (unpaired) electrons. The highest BCUT2D eigenvalue weighted by molar-refractivity contribution is 6.35. The Hall–Kier alpha value is -1.85. The standard InChI is InChI=1S/C12H10Cl2N4O/c1-16-12(19)9-8(14)10(15)18-11(17-9)6-2-4-7(13)5-3-6/h2-5H,1H3,(H,16,19)(H2,15,17,18). The van der Waals surface area contributed by atoms with Crippen molar-refractivity contribution in [3.05, 3.63) is 40.0 Å². The van der Waals surface area contributed by atoms with Crippen LogP contribution in [0.3, 0.4) is 0 Å². The van der Waals surface area contributed by atoms with Gasteiger partial charge in [-0.25, -0.2) is 9.97 Å². The predicted molar refractivity (Wildman–Crippen MR) is 75.3 cm³/mol. The van der Waals surface area contributed by atoms with Crippen LogP contribution in [0.2, 0.25) is 10.0 Å². The number of nitrogens with two attached hydrogens (primary N) is 1. The predicted octanol–water partition coefficient (Wildman–Crippen LogP) is 2.39. The quantitative estimate of drug-likeness (QED) is 0.891. The number of aromatic nitrogens is 2. The maximum atomic E-state index is 11.7. The molecule has 0 spiro atoms. The van der Waals surface area contributed by atoms with Gasteiger partial charge in [0.2, 0.25) is 0 Å². The zero-order chi connectivity index (χ0) is 14.0. The number of rotatable bonds is 2. The Labute approximate surface area is 119 Å². The molecular weight excluding hydrogens is 287 g/mol. The summed E-state index contributed by atoms with van der Waals surface area (Å²) in [5.41, 5.74) is 6.43. The Kier molecular flexibility index (Phi) is 3.87. The minimum Gasteiger partial charge on any atom is -0.382 e. The Bertz CT molecular complexity index is 628. The summed E-state index contributed by atoms with van der Waals surface area (Å²) in [5.74, 6) is -0.0494. The van der Waals surface area contributed by atoms with E-state index in [2.05, 4.69) is 15.3 Å². The third kappa shape index (κ3) is 2.77. The average molecular weight is 297 g/mol. The Balaban J connectivity index is 2.56. The van der Waals surface area contributed by atoms with Crippen LogP contribution in [-0.4, -0.2) is 22.9 Å². The first-order valence-electron chi connectivity index (χ1n) is 5.34. The zero-order valence-electron chi connectivity index (χ0n) is 9.95. The second kappa shape index (κ2) is 5.42. The minimum absolute atomic E-state index is 0.0389. The van der Waals surface area contributed by atoms with Gasteiger partial charge in [0.25, 0.3) is 5.91 Å². The van der Waals surface area contributed by atoms with E-state index in [1.807, 2.05) is 0 Å². The van der Waals surface area contributed by atoms with Gasteiger partial charge < -0.3 is 11.1 Å². The number of nitrogens with one attached hydrogen (secondary N) is 1. The number of nitrogen functional groups attached to an aromatic ring is 1. The first kappa shape index (κ1) is 13.6. The molecule has 3 N–H and O–H groups in total. The highest BCUT2D eigenvalue weighted by Gasteiger charge is 2.17. The summed E-state index contributed by atoms with van der Waals surface area (Å²) in [7, 11) is 1.49. The molecule has 1 aromatic heterocycles. The van der Waals surface area contributed by atoms with Crippen LogP contribution in [0.5, 0.6) is 0 Å². The van der Waals surface area contributed by atoms with Crippen molar-refractivity contribution in [1.29, 1.82) is 0 Å². The molecule has 2 aromatic rings. The Morgan fingerprint density at radius 2 is 1.84 bits per heavy atom. The minimum atomic E-state index is -0.422. The van der Waals surface area contributed by atoms with Gasteiger partial charge in [0.15, 0.2) is 11.5 Å². The van der Waals surface area contributed by atoms with Crippen LogP contribution in [0.25, 0.3) is 11.4 Å². The van der Waals surface area contributed by atoms with Gasteiger partial charge in [0.1, 0.15) is 10.8 Å². The normalized spacial score (nSPS) is 10.3. The van der Waals surface area contributed by atoms with Crippen molar-refractivity contribution in [2.24, 2.45) is 0 Å². The third-order valence-corrected chi connectivity index (χ3v) is 3.05. The van der Waals surface area contributed by atoms with E-state index in [1.165, 1.54) is 7.05 Å². The van der Waals surface area contributed by atoms with Gasteiger partial charge >= 0.3 is 0 Å². The number of nitrogens with zero attached hydrogens (tertiary/aromatic N) is 2. The second-order valence-corrected chi connectivity index (χ2v) is 4.50. The molecule has 0 saturated carbocycles. The highest BCUT2D eigenvalue weighted by Crippen LogP contribution is 2.25. The maximum Gasteiger partial charge on any atom is 0.271 e. The Morgan fingerprint density at radius 3 is 2.42 bits per heavy atom. The van der Waals surface area contributed by atoms with Gasteiger partial charge in [-0.05, 0) is 24.3 Å². The summed E-state index contributed by atoms with van der Waals surface area (Å²) in [6.45, 7) is 0. The first-order valence-corrected chi connectivity index (χ1v) is 6.09. The lowest BCUT2D eigenvalue weighted by atomic mass is 10.2. The van der Waals surface area contributed by atoms with Crippen LogP contribution < -0.4 is 11.1 Å². The van der Waals surface area contributed by atoms with Crippen LogP contribution in [0.1, 0.15) is 10.5 Å². The third-order valence-electron chi connectivity index (χ3n) is 2.42. The highest BCUT2D eigenvalue weighted by atomic mass is 35.5. The number of benzene rings is 1. The molecule has 1 amide bonds. The molecular formula is C12H10Cl2N4O. The van der Waals surface area contributed by atoms with Gasteiger partial charge in [-0.3, -0.25) is 4.79 Å². The largest absolute Gasteiger partial charge is 0.382 e. The summed E-state index contributed by atoms with van der Waals surface area (Å²) < 4.78 is 0. The number of anilines is 1. The molecule has 0 fully saturated rings. The fraction of sp³-hybridized carbons (Fsp3) is 0.0833. The summed E-state index contributed by atoms with van der Waals surface area (Å²) in [6.07, 6.45) is 0. The van der Waals surface area contributed by atoms with Crippen LogP contribution in [0.4, 0.5) is 5.82 Å². The molecule has 98 valence electrons. The molecule has 1 heterocycles. The molecule has 0 atom stereocenters. The molecule has 19 heavy (non-hydrogen) atoms. The van der Waals surface area contributed by atoms with Crippen LogP contribution in [0, 0.1) is 0 Å². The monoisotopic (exact) mass is 296 g/mol.